The third-order valence-electron chi connectivity index (χ3n) is 2.43. The van der Waals surface area contributed by atoms with Crippen LogP contribution in [-0.2, 0) is 6.54 Å². The van der Waals surface area contributed by atoms with Gasteiger partial charge in [0.2, 0.25) is 0 Å². The molecule has 4 heteroatoms. The summed E-state index contributed by atoms with van der Waals surface area (Å²) in [4.78, 5) is 14.4. The van der Waals surface area contributed by atoms with E-state index in [0.717, 1.165) is 5.52 Å². The smallest absolute Gasteiger partial charge is 0.259 e. The van der Waals surface area contributed by atoms with Crippen LogP contribution in [0.25, 0.3) is 10.9 Å². The van der Waals surface area contributed by atoms with Gasteiger partial charge >= 0.3 is 0 Å². The van der Waals surface area contributed by atoms with E-state index in [-0.39, 0.29) is 5.56 Å². The predicted molar refractivity (Wildman–Crippen MR) is 68.2 cm³/mol. The lowest BCUT2D eigenvalue weighted by Gasteiger charge is -2.07. The summed E-state index contributed by atoms with van der Waals surface area (Å²) in [6.45, 7) is 2.63. The van der Waals surface area contributed by atoms with E-state index >= 15 is 0 Å². The maximum absolute atomic E-state index is 11.7. The highest BCUT2D eigenvalue weighted by Crippen LogP contribution is 2.09. The van der Waals surface area contributed by atoms with Crippen molar-refractivity contribution in [2.45, 2.75) is 13.5 Å². The van der Waals surface area contributed by atoms with Crippen molar-refractivity contribution in [3.05, 3.63) is 51.5 Å². The summed E-state index contributed by atoms with van der Waals surface area (Å²) in [5.74, 6) is 0. The van der Waals surface area contributed by atoms with Gasteiger partial charge in [-0.15, -0.1) is 0 Å². The number of benzene rings is 1. The Labute approximate surface area is 98.1 Å². The molecule has 82 valence electrons. The number of fused-ring (bicyclic) bond motifs is 1. The Morgan fingerprint density at radius 2 is 2.19 bits per heavy atom. The first-order valence-corrected chi connectivity index (χ1v) is 5.48. The van der Waals surface area contributed by atoms with E-state index in [0.29, 0.717) is 16.7 Å². The molecule has 0 fully saturated rings. The van der Waals surface area contributed by atoms with Gasteiger partial charge in [0.25, 0.3) is 5.56 Å². The van der Waals surface area contributed by atoms with Gasteiger partial charge in [-0.05, 0) is 31.3 Å². The molecule has 0 spiro atoms. The monoisotopic (exact) mass is 232 g/mol. The van der Waals surface area contributed by atoms with Crippen LogP contribution in [0.2, 0.25) is 0 Å². The van der Waals surface area contributed by atoms with Crippen LogP contribution in [0.4, 0.5) is 0 Å². The Morgan fingerprint density at radius 3 is 2.94 bits per heavy atom. The van der Waals surface area contributed by atoms with E-state index in [1.807, 2.05) is 41.8 Å². The van der Waals surface area contributed by atoms with Crippen LogP contribution in [0.15, 0.2) is 41.2 Å². The van der Waals surface area contributed by atoms with Crippen molar-refractivity contribution in [3.8, 4) is 0 Å². The van der Waals surface area contributed by atoms with Crippen molar-refractivity contribution >= 4 is 23.1 Å². The highest BCUT2D eigenvalue weighted by molar-refractivity contribution is 7.71. The molecule has 1 aromatic carbocycles. The molecule has 1 N–H and O–H groups in total. The number of H-pyrrole nitrogens is 1. The Balaban J connectivity index is 2.81. The molecule has 0 aliphatic rings. The Kier molecular flexibility index (Phi) is 3.01. The van der Waals surface area contributed by atoms with E-state index in [1.54, 1.807) is 6.07 Å². The van der Waals surface area contributed by atoms with Crippen LogP contribution in [0, 0.1) is 4.77 Å². The minimum absolute atomic E-state index is 0.127. The summed E-state index contributed by atoms with van der Waals surface area (Å²) in [5.41, 5.74) is 0.742. The zero-order chi connectivity index (χ0) is 11.5. The number of nitrogens with one attached hydrogen (secondary N) is 1. The van der Waals surface area contributed by atoms with E-state index in [1.165, 1.54) is 0 Å². The molecule has 0 unspecified atom stereocenters. The summed E-state index contributed by atoms with van der Waals surface area (Å²) >= 11 is 5.15. The standard InChI is InChI=1S/C12H12N2OS/c1-2-3-8-14-10-7-5-4-6-9(10)11(15)13-12(14)16/h2-7H,8H2,1H3,(H,13,15,16)/b3-2+. The van der Waals surface area contributed by atoms with Gasteiger partial charge in [0, 0.05) is 6.54 Å². The highest BCUT2D eigenvalue weighted by Gasteiger charge is 2.02. The predicted octanol–water partition coefficient (Wildman–Crippen LogP) is 2.64. The van der Waals surface area contributed by atoms with Gasteiger partial charge in [-0.3, -0.25) is 9.78 Å². The first-order valence-electron chi connectivity index (χ1n) is 5.07. The number of allylic oxidation sites excluding steroid dienone is 2. The lowest BCUT2D eigenvalue weighted by Crippen LogP contribution is -2.13. The van der Waals surface area contributed by atoms with Gasteiger partial charge < -0.3 is 4.57 Å². The number of hydrogen-bond acceptors (Lipinski definition) is 2. The highest BCUT2D eigenvalue weighted by atomic mass is 32.1. The van der Waals surface area contributed by atoms with Crippen LogP contribution in [-0.4, -0.2) is 9.55 Å². The molecule has 0 aliphatic carbocycles. The number of rotatable bonds is 2. The number of aromatic nitrogens is 2. The van der Waals surface area contributed by atoms with Crippen LogP contribution >= 0.6 is 12.2 Å². The van der Waals surface area contributed by atoms with Gasteiger partial charge in [0.05, 0.1) is 10.9 Å². The second kappa shape index (κ2) is 4.45. The Morgan fingerprint density at radius 1 is 1.44 bits per heavy atom. The van der Waals surface area contributed by atoms with Crippen LogP contribution in [0.3, 0.4) is 0 Å². The fourth-order valence-electron chi connectivity index (χ4n) is 1.63. The second-order valence-corrected chi connectivity index (χ2v) is 3.84. The quantitative estimate of drug-likeness (QED) is 0.638. The molecule has 0 saturated carbocycles. The first kappa shape index (κ1) is 10.8. The third kappa shape index (κ3) is 1.84. The van der Waals surface area contributed by atoms with Gasteiger partial charge in [0.15, 0.2) is 4.77 Å². The van der Waals surface area contributed by atoms with E-state index in [9.17, 15) is 4.79 Å². The summed E-state index contributed by atoms with van der Waals surface area (Å²) < 4.78 is 2.37. The maximum Gasteiger partial charge on any atom is 0.259 e. The Bertz CT molecular complexity index is 652. The van der Waals surface area contributed by atoms with E-state index < -0.39 is 0 Å². The molecule has 0 bridgehead atoms. The largest absolute Gasteiger partial charge is 0.314 e. The van der Waals surface area contributed by atoms with Crippen molar-refractivity contribution in [1.82, 2.24) is 9.55 Å². The molecule has 0 amide bonds. The number of aromatic amines is 1. The van der Waals surface area contributed by atoms with Crippen molar-refractivity contribution in [2.24, 2.45) is 0 Å². The first-order chi connectivity index (χ1) is 7.74. The normalized spacial score (nSPS) is 11.3. The number of hydrogen-bond donors (Lipinski definition) is 1. The van der Waals surface area contributed by atoms with Gasteiger partial charge in [-0.25, -0.2) is 0 Å². The average Bonchev–Trinajstić information content (AvgIpc) is 2.29. The van der Waals surface area contributed by atoms with Crippen molar-refractivity contribution in [1.29, 1.82) is 0 Å². The minimum Gasteiger partial charge on any atom is -0.314 e. The average molecular weight is 232 g/mol. The molecular weight excluding hydrogens is 220 g/mol. The molecule has 0 saturated heterocycles. The topological polar surface area (TPSA) is 37.8 Å². The summed E-state index contributed by atoms with van der Waals surface area (Å²) in [7, 11) is 0. The van der Waals surface area contributed by atoms with Crippen molar-refractivity contribution < 1.29 is 0 Å². The van der Waals surface area contributed by atoms with Crippen LogP contribution in [0.1, 0.15) is 6.92 Å². The lowest BCUT2D eigenvalue weighted by molar-refractivity contribution is 0.801. The molecule has 16 heavy (non-hydrogen) atoms. The van der Waals surface area contributed by atoms with Crippen molar-refractivity contribution in [2.75, 3.05) is 0 Å². The molecule has 3 nitrogen and oxygen atoms in total. The van der Waals surface area contributed by atoms with Gasteiger partial charge in [0.1, 0.15) is 0 Å². The summed E-state index contributed by atoms with van der Waals surface area (Å²) in [5, 5.41) is 0.667. The molecular formula is C12H12N2OS. The second-order valence-electron chi connectivity index (χ2n) is 3.46. The van der Waals surface area contributed by atoms with E-state index in [2.05, 4.69) is 4.98 Å². The molecule has 0 radical (unpaired) electrons. The minimum atomic E-state index is -0.127. The van der Waals surface area contributed by atoms with Crippen molar-refractivity contribution in [3.63, 3.8) is 0 Å². The van der Waals surface area contributed by atoms with Crippen LogP contribution in [0.5, 0.6) is 0 Å². The molecule has 1 aromatic heterocycles. The number of para-hydroxylation sites is 1. The van der Waals surface area contributed by atoms with Crippen LogP contribution < -0.4 is 5.56 Å². The fourth-order valence-corrected chi connectivity index (χ4v) is 1.90. The molecule has 2 rings (SSSR count). The molecule has 1 heterocycles. The zero-order valence-corrected chi connectivity index (χ0v) is 9.75. The fraction of sp³-hybridized carbons (Fsp3) is 0.167. The molecule has 0 aliphatic heterocycles. The van der Waals surface area contributed by atoms with E-state index in [4.69, 9.17) is 12.2 Å². The van der Waals surface area contributed by atoms with Gasteiger partial charge in [-0.2, -0.15) is 0 Å². The SMILES string of the molecule is C/C=C/Cn1c(=S)[nH]c(=O)c2ccccc21. The van der Waals surface area contributed by atoms with Gasteiger partial charge in [-0.1, -0.05) is 24.3 Å². The zero-order valence-electron chi connectivity index (χ0n) is 8.93. The summed E-state index contributed by atoms with van der Waals surface area (Å²) in [6, 6.07) is 7.46. The summed E-state index contributed by atoms with van der Waals surface area (Å²) in [6.07, 6.45) is 3.96. The molecule has 0 atom stereocenters. The maximum atomic E-state index is 11.7. The third-order valence-corrected chi connectivity index (χ3v) is 2.75. The Hall–Kier alpha value is -1.68. The molecule has 2 aromatic rings. The lowest BCUT2D eigenvalue weighted by atomic mass is 10.2. The number of nitrogens with zero attached hydrogens (tertiary/aromatic N) is 1.